The van der Waals surface area contributed by atoms with Gasteiger partial charge in [0.25, 0.3) is 16.0 Å². The van der Waals surface area contributed by atoms with Crippen molar-refractivity contribution in [1.29, 1.82) is 0 Å². The van der Waals surface area contributed by atoms with Crippen LogP contribution in [0.5, 0.6) is 0 Å². The lowest BCUT2D eigenvalue weighted by Crippen LogP contribution is -2.32. The standard InChI is InChI=1S/C14H12ClNO4S3/c15-11(8-10-4-2-1-3-5-10)9-12-13(17)16(14(21)22-12)6-7-23(18,19)20/h1-5,8-9H,6-7H2,(H,18,19,20)/b11-8-,12-9-. The number of thiocarbonyl (C=S) groups is 1. The molecule has 0 spiro atoms. The fourth-order valence-corrected chi connectivity index (χ4v) is 3.79. The van der Waals surface area contributed by atoms with E-state index < -0.39 is 21.8 Å². The third-order valence-electron chi connectivity index (χ3n) is 2.82. The van der Waals surface area contributed by atoms with Crippen LogP contribution in [0.4, 0.5) is 0 Å². The number of hydrogen-bond acceptors (Lipinski definition) is 5. The molecule has 9 heteroatoms. The number of nitrogens with zero attached hydrogens (tertiary/aromatic N) is 1. The summed E-state index contributed by atoms with van der Waals surface area (Å²) in [5, 5.41) is 0.353. The van der Waals surface area contributed by atoms with Crippen molar-refractivity contribution in [2.24, 2.45) is 0 Å². The van der Waals surface area contributed by atoms with Gasteiger partial charge in [-0.15, -0.1) is 0 Å². The number of amides is 1. The summed E-state index contributed by atoms with van der Waals surface area (Å²) >= 11 is 12.2. The number of benzene rings is 1. The minimum absolute atomic E-state index is 0.194. The van der Waals surface area contributed by atoms with E-state index in [1.165, 1.54) is 6.08 Å². The summed E-state index contributed by atoms with van der Waals surface area (Å²) in [6.07, 6.45) is 3.19. The Morgan fingerprint density at radius 3 is 2.61 bits per heavy atom. The maximum absolute atomic E-state index is 12.2. The van der Waals surface area contributed by atoms with Crippen LogP contribution in [0.2, 0.25) is 0 Å². The van der Waals surface area contributed by atoms with Gasteiger partial charge in [-0.25, -0.2) is 0 Å². The highest BCUT2D eigenvalue weighted by atomic mass is 35.5. The Balaban J connectivity index is 2.13. The quantitative estimate of drug-likeness (QED) is 0.474. The van der Waals surface area contributed by atoms with Crippen LogP contribution >= 0.6 is 35.6 Å². The zero-order valence-electron chi connectivity index (χ0n) is 11.7. The smallest absolute Gasteiger partial charge is 0.266 e. The molecule has 2 rings (SSSR count). The van der Waals surface area contributed by atoms with E-state index in [4.69, 9.17) is 28.4 Å². The first-order valence-corrected chi connectivity index (χ1v) is 9.60. The topological polar surface area (TPSA) is 74.7 Å². The minimum atomic E-state index is -4.16. The number of allylic oxidation sites excluding steroid dienone is 2. The molecule has 23 heavy (non-hydrogen) atoms. The normalized spacial score (nSPS) is 18.1. The van der Waals surface area contributed by atoms with Crippen LogP contribution in [-0.4, -0.2) is 40.4 Å². The molecule has 1 N–H and O–H groups in total. The Labute approximate surface area is 148 Å². The molecular weight excluding hydrogens is 378 g/mol. The molecule has 0 saturated carbocycles. The molecule has 0 aromatic heterocycles. The number of hydrogen-bond donors (Lipinski definition) is 1. The van der Waals surface area contributed by atoms with Gasteiger partial charge in [0.2, 0.25) is 0 Å². The molecule has 0 unspecified atom stereocenters. The molecule has 1 aromatic carbocycles. The van der Waals surface area contributed by atoms with Gasteiger partial charge in [0, 0.05) is 11.6 Å². The molecule has 0 radical (unpaired) electrons. The molecule has 0 aliphatic carbocycles. The highest BCUT2D eigenvalue weighted by Gasteiger charge is 2.32. The maximum Gasteiger partial charge on any atom is 0.266 e. The van der Waals surface area contributed by atoms with Crippen molar-refractivity contribution < 1.29 is 17.8 Å². The van der Waals surface area contributed by atoms with Crippen molar-refractivity contribution in [3.8, 4) is 0 Å². The fourth-order valence-electron chi connectivity index (χ4n) is 1.77. The van der Waals surface area contributed by atoms with Gasteiger partial charge in [0.1, 0.15) is 4.32 Å². The predicted molar refractivity (Wildman–Crippen MR) is 96.7 cm³/mol. The largest absolute Gasteiger partial charge is 0.292 e. The van der Waals surface area contributed by atoms with Gasteiger partial charge in [-0.2, -0.15) is 8.42 Å². The van der Waals surface area contributed by atoms with E-state index in [0.29, 0.717) is 9.94 Å². The van der Waals surface area contributed by atoms with Crippen LogP contribution in [0.3, 0.4) is 0 Å². The van der Waals surface area contributed by atoms with Crippen molar-refractivity contribution in [1.82, 2.24) is 4.90 Å². The Kier molecular flexibility index (Phi) is 5.99. The van der Waals surface area contributed by atoms with Crippen LogP contribution in [0.15, 0.2) is 46.3 Å². The molecule has 1 aromatic rings. The first kappa shape index (κ1) is 18.2. The van der Waals surface area contributed by atoms with Crippen molar-refractivity contribution in [2.75, 3.05) is 12.3 Å². The Bertz CT molecular complexity index is 788. The van der Waals surface area contributed by atoms with Crippen LogP contribution < -0.4 is 0 Å². The molecule has 1 aliphatic rings. The SMILES string of the molecule is O=C1/C(=C/C(Cl)=C/c2ccccc2)SC(=S)N1CCS(=O)(=O)O. The highest BCUT2D eigenvalue weighted by Crippen LogP contribution is 2.32. The van der Waals surface area contributed by atoms with Crippen LogP contribution in [0.25, 0.3) is 6.08 Å². The second-order valence-corrected chi connectivity index (χ2v) is 8.24. The third kappa shape index (κ3) is 5.43. The number of thioether (sulfide) groups is 1. The first-order chi connectivity index (χ1) is 10.8. The third-order valence-corrected chi connectivity index (χ3v) is 5.11. The monoisotopic (exact) mass is 389 g/mol. The number of rotatable bonds is 5. The van der Waals surface area contributed by atoms with E-state index in [-0.39, 0.29) is 10.9 Å². The van der Waals surface area contributed by atoms with Gasteiger partial charge >= 0.3 is 0 Å². The lowest BCUT2D eigenvalue weighted by atomic mass is 10.2. The molecule has 0 atom stereocenters. The van der Waals surface area contributed by atoms with E-state index in [1.807, 2.05) is 30.3 Å². The minimum Gasteiger partial charge on any atom is -0.292 e. The Morgan fingerprint density at radius 1 is 1.35 bits per heavy atom. The van der Waals surface area contributed by atoms with Gasteiger partial charge in [0.05, 0.1) is 10.7 Å². The average molecular weight is 390 g/mol. The van der Waals surface area contributed by atoms with E-state index in [9.17, 15) is 13.2 Å². The van der Waals surface area contributed by atoms with Crippen molar-refractivity contribution >= 4 is 62.0 Å². The van der Waals surface area contributed by atoms with E-state index >= 15 is 0 Å². The van der Waals surface area contributed by atoms with Gasteiger partial charge in [-0.05, 0) is 17.7 Å². The predicted octanol–water partition coefficient (Wildman–Crippen LogP) is 2.90. The van der Waals surface area contributed by atoms with Gasteiger partial charge in [-0.1, -0.05) is 65.9 Å². The lowest BCUT2D eigenvalue weighted by molar-refractivity contribution is -0.122. The molecule has 1 saturated heterocycles. The number of carbonyl (C=O) groups excluding carboxylic acids is 1. The summed E-state index contributed by atoms with van der Waals surface area (Å²) in [7, 11) is -4.16. The van der Waals surface area contributed by atoms with Gasteiger partial charge in [0.15, 0.2) is 0 Å². The number of halogens is 1. The van der Waals surface area contributed by atoms with E-state index in [2.05, 4.69) is 0 Å². The summed E-state index contributed by atoms with van der Waals surface area (Å²) in [5.74, 6) is -0.997. The van der Waals surface area contributed by atoms with Crippen molar-refractivity contribution in [3.05, 3.63) is 51.9 Å². The lowest BCUT2D eigenvalue weighted by Gasteiger charge is -2.12. The van der Waals surface area contributed by atoms with Crippen LogP contribution in [-0.2, 0) is 14.9 Å². The van der Waals surface area contributed by atoms with Crippen LogP contribution in [0.1, 0.15) is 5.56 Å². The van der Waals surface area contributed by atoms with Crippen molar-refractivity contribution in [3.63, 3.8) is 0 Å². The Morgan fingerprint density at radius 2 is 2.00 bits per heavy atom. The highest BCUT2D eigenvalue weighted by molar-refractivity contribution is 8.26. The van der Waals surface area contributed by atoms with Crippen LogP contribution in [0, 0.1) is 0 Å². The molecule has 1 amide bonds. The van der Waals surface area contributed by atoms with E-state index in [1.54, 1.807) is 6.08 Å². The summed E-state index contributed by atoms with van der Waals surface area (Å²) in [4.78, 5) is 13.6. The average Bonchev–Trinajstić information content (AvgIpc) is 2.71. The molecule has 122 valence electrons. The first-order valence-electron chi connectivity index (χ1n) is 6.39. The molecule has 1 heterocycles. The second-order valence-electron chi connectivity index (χ2n) is 4.56. The fraction of sp³-hybridized carbons (Fsp3) is 0.143. The maximum atomic E-state index is 12.2. The Hall–Kier alpha value is -1.19. The zero-order valence-corrected chi connectivity index (χ0v) is 14.9. The summed E-state index contributed by atoms with van der Waals surface area (Å²) < 4.78 is 30.6. The molecular formula is C14H12ClNO4S3. The van der Waals surface area contributed by atoms with Crippen molar-refractivity contribution in [2.45, 2.75) is 0 Å². The molecule has 5 nitrogen and oxygen atoms in total. The second kappa shape index (κ2) is 7.59. The van der Waals surface area contributed by atoms with Gasteiger partial charge < -0.3 is 0 Å². The number of carbonyl (C=O) groups is 1. The summed E-state index contributed by atoms with van der Waals surface area (Å²) in [6.45, 7) is -0.194. The molecule has 1 fully saturated rings. The summed E-state index contributed by atoms with van der Waals surface area (Å²) in [6, 6.07) is 9.35. The van der Waals surface area contributed by atoms with E-state index in [0.717, 1.165) is 22.2 Å². The zero-order chi connectivity index (χ0) is 17.0. The van der Waals surface area contributed by atoms with Gasteiger partial charge in [-0.3, -0.25) is 14.2 Å². The summed E-state index contributed by atoms with van der Waals surface area (Å²) in [5.41, 5.74) is 0.885. The molecule has 1 aliphatic heterocycles. The molecule has 0 bridgehead atoms.